The van der Waals surface area contributed by atoms with Gasteiger partial charge in [-0.1, -0.05) is 12.1 Å². The van der Waals surface area contributed by atoms with Crippen molar-refractivity contribution < 1.29 is 19.2 Å². The Hall–Kier alpha value is -3.92. The van der Waals surface area contributed by atoms with Crippen molar-refractivity contribution in [2.75, 3.05) is 13.1 Å². The molecule has 0 radical (unpaired) electrons. The zero-order chi connectivity index (χ0) is 23.8. The highest BCUT2D eigenvalue weighted by molar-refractivity contribution is 7.11. The van der Waals surface area contributed by atoms with Crippen LogP contribution in [0.3, 0.4) is 0 Å². The summed E-state index contributed by atoms with van der Waals surface area (Å²) in [7, 11) is 0. The highest BCUT2D eigenvalue weighted by Gasteiger charge is 2.37. The first-order valence-corrected chi connectivity index (χ1v) is 11.7. The summed E-state index contributed by atoms with van der Waals surface area (Å²) in [6.45, 7) is 2.73. The van der Waals surface area contributed by atoms with Gasteiger partial charge in [0.25, 0.3) is 17.7 Å². The van der Waals surface area contributed by atoms with Crippen molar-refractivity contribution in [1.29, 1.82) is 0 Å². The van der Waals surface area contributed by atoms with Gasteiger partial charge in [0, 0.05) is 31.5 Å². The number of amides is 4. The Morgan fingerprint density at radius 1 is 1.12 bits per heavy atom. The van der Waals surface area contributed by atoms with Gasteiger partial charge in [-0.15, -0.1) is 11.3 Å². The van der Waals surface area contributed by atoms with Crippen LogP contribution in [0.15, 0.2) is 42.2 Å². The smallest absolute Gasteiger partial charge is 0.263 e. The number of aryl methyl sites for hydroxylation is 1. The summed E-state index contributed by atoms with van der Waals surface area (Å²) in [6, 6.07) is 6.59. The molecule has 10 heteroatoms. The summed E-state index contributed by atoms with van der Waals surface area (Å²) in [6.07, 6.45) is 3.88. The molecule has 1 aromatic carbocycles. The van der Waals surface area contributed by atoms with Gasteiger partial charge in [0.15, 0.2) is 0 Å². The monoisotopic (exact) mass is 475 g/mol. The van der Waals surface area contributed by atoms with Gasteiger partial charge in [0.1, 0.15) is 11.4 Å². The van der Waals surface area contributed by atoms with E-state index >= 15 is 0 Å². The van der Waals surface area contributed by atoms with Crippen molar-refractivity contribution in [2.24, 2.45) is 0 Å². The van der Waals surface area contributed by atoms with E-state index in [-0.39, 0.29) is 18.4 Å². The SMILES string of the molecule is Cc1ncc2c(c1CNC(=O)c1cncs1)CCN(C(=O)CN1C(=O)c3ccccc3C1=O)C2. The maximum atomic E-state index is 13.0. The molecule has 0 bridgehead atoms. The fraction of sp³-hybridized carbons (Fsp3) is 0.250. The van der Waals surface area contributed by atoms with Gasteiger partial charge >= 0.3 is 0 Å². The topological polar surface area (TPSA) is 113 Å². The van der Waals surface area contributed by atoms with Gasteiger partial charge in [-0.05, 0) is 42.2 Å². The third kappa shape index (κ3) is 3.86. The minimum atomic E-state index is -0.442. The number of nitrogens with one attached hydrogen (secondary N) is 1. The van der Waals surface area contributed by atoms with E-state index in [0.717, 1.165) is 27.3 Å². The molecule has 4 amide bonds. The lowest BCUT2D eigenvalue weighted by molar-refractivity contribution is -0.132. The molecular formula is C24H21N5O4S. The van der Waals surface area contributed by atoms with Gasteiger partial charge in [-0.25, -0.2) is 0 Å². The quantitative estimate of drug-likeness (QED) is 0.565. The van der Waals surface area contributed by atoms with Gasteiger partial charge in [0.2, 0.25) is 5.91 Å². The number of nitrogens with zero attached hydrogens (tertiary/aromatic N) is 4. The molecule has 2 aromatic heterocycles. The molecule has 5 rings (SSSR count). The highest BCUT2D eigenvalue weighted by atomic mass is 32.1. The van der Waals surface area contributed by atoms with Gasteiger partial charge < -0.3 is 10.2 Å². The van der Waals surface area contributed by atoms with Crippen LogP contribution < -0.4 is 5.32 Å². The van der Waals surface area contributed by atoms with Crippen molar-refractivity contribution in [2.45, 2.75) is 26.4 Å². The van der Waals surface area contributed by atoms with Crippen LogP contribution in [0, 0.1) is 6.92 Å². The largest absolute Gasteiger partial charge is 0.347 e. The molecule has 1 N–H and O–H groups in total. The number of imide groups is 1. The average Bonchev–Trinajstić information content (AvgIpc) is 3.47. The molecule has 0 unspecified atom stereocenters. The maximum absolute atomic E-state index is 13.0. The summed E-state index contributed by atoms with van der Waals surface area (Å²) in [4.78, 5) is 62.1. The van der Waals surface area contributed by atoms with E-state index in [0.29, 0.717) is 42.1 Å². The minimum absolute atomic E-state index is 0.187. The minimum Gasteiger partial charge on any atom is -0.347 e. The Morgan fingerprint density at radius 3 is 2.53 bits per heavy atom. The molecule has 0 saturated carbocycles. The second-order valence-electron chi connectivity index (χ2n) is 8.18. The van der Waals surface area contributed by atoms with Crippen LogP contribution >= 0.6 is 11.3 Å². The predicted molar refractivity (Wildman–Crippen MR) is 123 cm³/mol. The third-order valence-corrected chi connectivity index (χ3v) is 6.97. The molecule has 34 heavy (non-hydrogen) atoms. The molecular weight excluding hydrogens is 454 g/mol. The Kier molecular flexibility index (Phi) is 5.66. The number of fused-ring (bicyclic) bond motifs is 2. The molecule has 2 aliphatic rings. The van der Waals surface area contributed by atoms with Crippen molar-refractivity contribution in [3.63, 3.8) is 0 Å². The second kappa shape index (κ2) is 8.79. The lowest BCUT2D eigenvalue weighted by Gasteiger charge is -2.31. The third-order valence-electron chi connectivity index (χ3n) is 6.20. The number of carbonyl (C=O) groups is 4. The Morgan fingerprint density at radius 2 is 1.85 bits per heavy atom. The summed E-state index contributed by atoms with van der Waals surface area (Å²) in [5.74, 6) is -1.36. The Bertz CT molecular complexity index is 1290. The van der Waals surface area contributed by atoms with Crippen LogP contribution in [-0.2, 0) is 24.3 Å². The van der Waals surface area contributed by atoms with Crippen LogP contribution in [0.5, 0.6) is 0 Å². The second-order valence-corrected chi connectivity index (χ2v) is 9.07. The van der Waals surface area contributed by atoms with Crippen molar-refractivity contribution in [3.8, 4) is 0 Å². The molecule has 0 spiro atoms. The number of hydrogen-bond donors (Lipinski definition) is 1. The number of aromatic nitrogens is 2. The van der Waals surface area contributed by atoms with E-state index in [1.54, 1.807) is 40.9 Å². The van der Waals surface area contributed by atoms with E-state index in [4.69, 9.17) is 0 Å². The lowest BCUT2D eigenvalue weighted by atomic mass is 9.95. The molecule has 0 fully saturated rings. The summed E-state index contributed by atoms with van der Waals surface area (Å²) >= 11 is 1.28. The number of pyridine rings is 1. The molecule has 0 aliphatic carbocycles. The maximum Gasteiger partial charge on any atom is 0.263 e. The summed E-state index contributed by atoms with van der Waals surface area (Å²) in [5, 5.41) is 2.92. The van der Waals surface area contributed by atoms with Gasteiger partial charge in [-0.3, -0.25) is 34.0 Å². The van der Waals surface area contributed by atoms with Crippen molar-refractivity contribution >= 4 is 35.0 Å². The molecule has 4 heterocycles. The molecule has 9 nitrogen and oxygen atoms in total. The van der Waals surface area contributed by atoms with Crippen LogP contribution in [0.1, 0.15) is 52.8 Å². The first-order chi connectivity index (χ1) is 16.4. The molecule has 2 aliphatic heterocycles. The number of rotatable bonds is 5. The highest BCUT2D eigenvalue weighted by Crippen LogP contribution is 2.26. The normalized spacial score (nSPS) is 14.7. The summed E-state index contributed by atoms with van der Waals surface area (Å²) < 4.78 is 0. The predicted octanol–water partition coefficient (Wildman–Crippen LogP) is 1.96. The number of carbonyl (C=O) groups excluding carboxylic acids is 4. The Labute approximate surface area is 199 Å². The fourth-order valence-electron chi connectivity index (χ4n) is 4.37. The molecule has 0 atom stereocenters. The van der Waals surface area contributed by atoms with Crippen LogP contribution in [0.25, 0.3) is 0 Å². The zero-order valence-corrected chi connectivity index (χ0v) is 19.2. The van der Waals surface area contributed by atoms with Gasteiger partial charge in [0.05, 0.1) is 22.8 Å². The molecule has 0 saturated heterocycles. The first-order valence-electron chi connectivity index (χ1n) is 10.8. The number of benzene rings is 1. The van der Waals surface area contributed by atoms with E-state index in [1.807, 2.05) is 6.92 Å². The zero-order valence-electron chi connectivity index (χ0n) is 18.4. The van der Waals surface area contributed by atoms with E-state index in [1.165, 1.54) is 17.5 Å². The fourth-order valence-corrected chi connectivity index (χ4v) is 4.91. The first kappa shape index (κ1) is 21.9. The van der Waals surface area contributed by atoms with E-state index < -0.39 is 11.8 Å². The van der Waals surface area contributed by atoms with E-state index in [9.17, 15) is 19.2 Å². The van der Waals surface area contributed by atoms with Crippen LogP contribution in [0.4, 0.5) is 0 Å². The van der Waals surface area contributed by atoms with E-state index in [2.05, 4.69) is 15.3 Å². The lowest BCUT2D eigenvalue weighted by Crippen LogP contribution is -2.44. The molecule has 3 aromatic rings. The number of hydrogen-bond acceptors (Lipinski definition) is 7. The van der Waals surface area contributed by atoms with Crippen molar-refractivity contribution in [3.05, 3.63) is 80.6 Å². The standard InChI is InChI=1S/C24H21N5O4S/c1-14-19(9-27-22(31)20-10-25-13-34-20)16-6-7-28(11-15(16)8-26-14)21(30)12-29-23(32)17-4-2-3-5-18(17)24(29)33/h2-5,8,10,13H,6-7,9,11-12H2,1H3,(H,27,31). The summed E-state index contributed by atoms with van der Waals surface area (Å²) in [5.41, 5.74) is 6.01. The van der Waals surface area contributed by atoms with Crippen LogP contribution in [-0.4, -0.2) is 56.5 Å². The van der Waals surface area contributed by atoms with Crippen LogP contribution in [0.2, 0.25) is 0 Å². The van der Waals surface area contributed by atoms with Gasteiger partial charge in [-0.2, -0.15) is 0 Å². The number of thiazole rings is 1. The average molecular weight is 476 g/mol. The van der Waals surface area contributed by atoms with Crippen molar-refractivity contribution in [1.82, 2.24) is 25.1 Å². The molecule has 172 valence electrons. The Balaban J connectivity index is 1.28.